The van der Waals surface area contributed by atoms with Crippen molar-refractivity contribution in [1.82, 2.24) is 4.98 Å². The number of hydrogen-bond donors (Lipinski definition) is 2. The summed E-state index contributed by atoms with van der Waals surface area (Å²) in [6, 6.07) is -0.481. The maximum atomic E-state index is 11.2. The molecule has 0 aliphatic heterocycles. The third kappa shape index (κ3) is 1.67. The second-order valence-electron chi connectivity index (χ2n) is 5.79. The summed E-state index contributed by atoms with van der Waals surface area (Å²) in [5.74, 6) is 0. The maximum Gasteiger partial charge on any atom is 0.316 e. The van der Waals surface area contributed by atoms with Crippen molar-refractivity contribution < 1.29 is 4.79 Å². The van der Waals surface area contributed by atoms with Crippen LogP contribution < -0.4 is 11.1 Å². The molecule has 0 unspecified atom stereocenters. The summed E-state index contributed by atoms with van der Waals surface area (Å²) in [5, 5.41) is 2.81. The van der Waals surface area contributed by atoms with Gasteiger partial charge in [0.2, 0.25) is 0 Å². The van der Waals surface area contributed by atoms with Crippen LogP contribution in [0.1, 0.15) is 48.7 Å². The minimum absolute atomic E-state index is 0.218. The highest BCUT2D eigenvalue weighted by Gasteiger charge is 2.43. The van der Waals surface area contributed by atoms with Crippen LogP contribution in [0.2, 0.25) is 0 Å². The average molecular weight is 245 g/mol. The van der Waals surface area contributed by atoms with Gasteiger partial charge in [0.15, 0.2) is 0 Å². The first-order valence-electron chi connectivity index (χ1n) is 6.60. The van der Waals surface area contributed by atoms with Crippen LogP contribution in [0.4, 0.5) is 10.5 Å². The zero-order valence-corrected chi connectivity index (χ0v) is 11.0. The number of aryl methyl sites for hydroxylation is 1. The van der Waals surface area contributed by atoms with Crippen LogP contribution in [0.15, 0.2) is 0 Å². The van der Waals surface area contributed by atoms with Crippen LogP contribution in [0.25, 0.3) is 0 Å². The van der Waals surface area contributed by atoms with Crippen LogP contribution in [0.5, 0.6) is 0 Å². The number of aromatic nitrogens is 1. The van der Waals surface area contributed by atoms with E-state index in [1.54, 1.807) is 0 Å². The summed E-state index contributed by atoms with van der Waals surface area (Å²) in [7, 11) is 0. The second-order valence-corrected chi connectivity index (χ2v) is 5.79. The van der Waals surface area contributed by atoms with Gasteiger partial charge in [0.25, 0.3) is 0 Å². The lowest BCUT2D eigenvalue weighted by Crippen LogP contribution is -2.22. The van der Waals surface area contributed by atoms with Crippen LogP contribution in [-0.2, 0) is 18.3 Å². The molecule has 3 rings (SSSR count). The number of nitrogens with one attached hydrogen (secondary N) is 1. The molecule has 0 saturated heterocycles. The van der Waals surface area contributed by atoms with E-state index >= 15 is 0 Å². The molecule has 2 aliphatic rings. The Bertz CT molecular complexity index is 532. The van der Waals surface area contributed by atoms with Gasteiger partial charge in [-0.15, -0.1) is 0 Å². The summed E-state index contributed by atoms with van der Waals surface area (Å²) >= 11 is 0. The van der Waals surface area contributed by atoms with Crippen molar-refractivity contribution in [3.63, 3.8) is 0 Å². The average Bonchev–Trinajstić information content (AvgIpc) is 2.89. The number of anilines is 1. The van der Waals surface area contributed by atoms with Crippen molar-refractivity contribution >= 4 is 11.7 Å². The molecular formula is C14H19N3O. The molecule has 4 heteroatoms. The topological polar surface area (TPSA) is 68.0 Å². The van der Waals surface area contributed by atoms with Crippen LogP contribution in [-0.4, -0.2) is 11.0 Å². The van der Waals surface area contributed by atoms with E-state index in [0.29, 0.717) is 0 Å². The lowest BCUT2D eigenvalue weighted by atomic mass is 9.96. The van der Waals surface area contributed by atoms with Crippen molar-refractivity contribution in [1.29, 1.82) is 0 Å². The standard InChI is InChI=1S/C14H19N3O/c1-8-11(17-13(15)18)9-4-3-5-10(9)16-12(8)14(2)6-7-14/h3-7H2,1-2H3,(H3,15,16,17,18). The number of pyridine rings is 1. The van der Waals surface area contributed by atoms with Crippen molar-refractivity contribution in [3.8, 4) is 0 Å². The first kappa shape index (κ1) is 11.5. The predicted molar refractivity (Wildman–Crippen MR) is 70.8 cm³/mol. The minimum atomic E-state index is -0.481. The van der Waals surface area contributed by atoms with Gasteiger partial charge >= 0.3 is 6.03 Å². The third-order valence-corrected chi connectivity index (χ3v) is 4.29. The predicted octanol–water partition coefficient (Wildman–Crippen LogP) is 2.42. The Morgan fingerprint density at radius 3 is 2.72 bits per heavy atom. The maximum absolute atomic E-state index is 11.2. The fourth-order valence-corrected chi connectivity index (χ4v) is 2.99. The molecule has 1 saturated carbocycles. The van der Waals surface area contributed by atoms with Crippen LogP contribution in [0, 0.1) is 6.92 Å². The fraction of sp³-hybridized carbons (Fsp3) is 0.571. The Kier molecular flexibility index (Phi) is 2.37. The molecule has 0 radical (unpaired) electrons. The monoisotopic (exact) mass is 245 g/mol. The summed E-state index contributed by atoms with van der Waals surface area (Å²) in [5.41, 5.74) is 11.1. The molecule has 4 nitrogen and oxygen atoms in total. The molecule has 1 heterocycles. The number of primary amides is 1. The van der Waals surface area contributed by atoms with Crippen molar-refractivity contribution in [2.75, 3.05) is 5.32 Å². The molecular weight excluding hydrogens is 226 g/mol. The van der Waals surface area contributed by atoms with Gasteiger partial charge < -0.3 is 11.1 Å². The van der Waals surface area contributed by atoms with Crippen molar-refractivity contribution in [2.45, 2.75) is 51.4 Å². The van der Waals surface area contributed by atoms with Gasteiger partial charge in [-0.25, -0.2) is 4.79 Å². The van der Waals surface area contributed by atoms with Crippen LogP contribution >= 0.6 is 0 Å². The lowest BCUT2D eigenvalue weighted by molar-refractivity contribution is 0.259. The van der Waals surface area contributed by atoms with Gasteiger partial charge in [-0.3, -0.25) is 4.98 Å². The molecule has 18 heavy (non-hydrogen) atoms. The minimum Gasteiger partial charge on any atom is -0.351 e. The highest BCUT2D eigenvalue weighted by atomic mass is 16.2. The van der Waals surface area contributed by atoms with Gasteiger partial charge in [-0.05, 0) is 50.2 Å². The lowest BCUT2D eigenvalue weighted by Gasteiger charge is -2.19. The Morgan fingerprint density at radius 1 is 1.39 bits per heavy atom. The quantitative estimate of drug-likeness (QED) is 0.840. The Labute approximate surface area is 107 Å². The van der Waals surface area contributed by atoms with E-state index in [0.717, 1.165) is 41.9 Å². The van der Waals surface area contributed by atoms with E-state index in [1.165, 1.54) is 18.4 Å². The summed E-state index contributed by atoms with van der Waals surface area (Å²) in [4.78, 5) is 16.1. The Hall–Kier alpha value is -1.58. The highest BCUT2D eigenvalue weighted by Crippen LogP contribution is 2.50. The van der Waals surface area contributed by atoms with Gasteiger partial charge in [0.05, 0.1) is 11.4 Å². The third-order valence-electron chi connectivity index (χ3n) is 4.29. The zero-order valence-electron chi connectivity index (χ0n) is 11.0. The number of nitrogens with two attached hydrogens (primary N) is 1. The molecule has 1 aromatic rings. The number of rotatable bonds is 2. The largest absolute Gasteiger partial charge is 0.351 e. The SMILES string of the molecule is Cc1c(C2(C)CC2)nc2c(c1NC(N)=O)CCC2. The Morgan fingerprint density at radius 2 is 2.11 bits per heavy atom. The molecule has 0 aromatic carbocycles. The molecule has 2 aliphatic carbocycles. The van der Waals surface area contributed by atoms with Crippen molar-refractivity contribution in [2.24, 2.45) is 5.73 Å². The molecule has 0 atom stereocenters. The summed E-state index contributed by atoms with van der Waals surface area (Å²) in [6.07, 6.45) is 5.52. The number of carbonyl (C=O) groups is 1. The second kappa shape index (κ2) is 3.70. The first-order valence-corrected chi connectivity index (χ1v) is 6.60. The van der Waals surface area contributed by atoms with Gasteiger partial charge in [-0.2, -0.15) is 0 Å². The molecule has 1 aromatic heterocycles. The van der Waals surface area contributed by atoms with Crippen molar-refractivity contribution in [3.05, 3.63) is 22.5 Å². The number of carbonyl (C=O) groups excluding carboxylic acids is 1. The smallest absolute Gasteiger partial charge is 0.316 e. The van der Waals surface area contributed by atoms with E-state index in [4.69, 9.17) is 10.7 Å². The van der Waals surface area contributed by atoms with E-state index < -0.39 is 6.03 Å². The highest BCUT2D eigenvalue weighted by molar-refractivity contribution is 5.90. The molecule has 96 valence electrons. The molecule has 2 amide bonds. The van der Waals surface area contributed by atoms with E-state index in [2.05, 4.69) is 19.2 Å². The summed E-state index contributed by atoms with van der Waals surface area (Å²) < 4.78 is 0. The van der Waals surface area contributed by atoms with E-state index in [9.17, 15) is 4.79 Å². The zero-order chi connectivity index (χ0) is 12.9. The summed E-state index contributed by atoms with van der Waals surface area (Å²) in [6.45, 7) is 4.30. The van der Waals surface area contributed by atoms with Gasteiger partial charge in [0.1, 0.15) is 0 Å². The van der Waals surface area contributed by atoms with Crippen LogP contribution in [0.3, 0.4) is 0 Å². The molecule has 0 spiro atoms. The van der Waals surface area contributed by atoms with E-state index in [1.807, 2.05) is 0 Å². The molecule has 1 fully saturated rings. The Balaban J connectivity index is 2.16. The van der Waals surface area contributed by atoms with Gasteiger partial charge in [-0.1, -0.05) is 6.92 Å². The number of fused-ring (bicyclic) bond motifs is 1. The molecule has 3 N–H and O–H groups in total. The number of amides is 2. The number of urea groups is 1. The first-order chi connectivity index (χ1) is 8.51. The van der Waals surface area contributed by atoms with Gasteiger partial charge in [0, 0.05) is 11.1 Å². The fourth-order valence-electron chi connectivity index (χ4n) is 2.99. The normalized spacial score (nSPS) is 19.4. The number of nitrogens with zero attached hydrogens (tertiary/aromatic N) is 1. The molecule has 0 bridgehead atoms. The van der Waals surface area contributed by atoms with E-state index in [-0.39, 0.29) is 5.41 Å². The number of hydrogen-bond acceptors (Lipinski definition) is 2.